The topological polar surface area (TPSA) is 37.3 Å². The molecule has 3 fully saturated rings. The van der Waals surface area contributed by atoms with Crippen LogP contribution in [-0.4, -0.2) is 11.1 Å². The van der Waals surface area contributed by atoms with Gasteiger partial charge < -0.3 is 5.11 Å². The van der Waals surface area contributed by atoms with Crippen LogP contribution in [-0.2, 0) is 4.79 Å². The Hall–Kier alpha value is -0.790. The fourth-order valence-electron chi connectivity index (χ4n) is 6.54. The second-order valence-corrected chi connectivity index (χ2v) is 8.77. The Labute approximate surface area is 142 Å². The van der Waals surface area contributed by atoms with Crippen molar-refractivity contribution in [1.82, 2.24) is 0 Å². The van der Waals surface area contributed by atoms with Crippen LogP contribution in [0.15, 0.2) is 12.2 Å². The Bertz CT molecular complexity index is 451. The molecule has 2 heteroatoms. The summed E-state index contributed by atoms with van der Waals surface area (Å²) >= 11 is 0. The number of hydrogen-bond acceptors (Lipinski definition) is 1. The number of fused-ring (bicyclic) bond motifs is 3. The van der Waals surface area contributed by atoms with Crippen LogP contribution in [0.5, 0.6) is 0 Å². The van der Waals surface area contributed by atoms with Gasteiger partial charge in [0.25, 0.3) is 5.97 Å². The summed E-state index contributed by atoms with van der Waals surface area (Å²) in [6.07, 6.45) is 12.9. The minimum atomic E-state index is -0.833. The standard InChI is InChI=1S/C19H32.C2H4O2/c1-5-19-12-10-16-15(3)7-6-11-18(16,4)17(19)9-8-14(2)13-19;1-2(3)4/h15-17H,2,5-13H2,1,3-4H3;1H3,(H,3,4)/t15-,16?,17?,18+,19+;/m0./s1. The van der Waals surface area contributed by atoms with Gasteiger partial charge in [0.15, 0.2) is 0 Å². The number of allylic oxidation sites excluding steroid dienone is 1. The summed E-state index contributed by atoms with van der Waals surface area (Å²) in [6.45, 7) is 13.1. The summed E-state index contributed by atoms with van der Waals surface area (Å²) in [5, 5.41) is 7.42. The summed E-state index contributed by atoms with van der Waals surface area (Å²) in [7, 11) is 0. The van der Waals surface area contributed by atoms with E-state index in [9.17, 15) is 0 Å². The van der Waals surface area contributed by atoms with Crippen LogP contribution in [0.4, 0.5) is 0 Å². The first-order valence-electron chi connectivity index (χ1n) is 9.61. The van der Waals surface area contributed by atoms with Crippen LogP contribution in [0.1, 0.15) is 85.5 Å². The third-order valence-electron chi connectivity index (χ3n) is 7.49. The summed E-state index contributed by atoms with van der Waals surface area (Å²) in [6, 6.07) is 0. The smallest absolute Gasteiger partial charge is 0.300 e. The van der Waals surface area contributed by atoms with Crippen LogP contribution in [0.2, 0.25) is 0 Å². The highest BCUT2D eigenvalue weighted by Crippen LogP contribution is 2.66. The molecule has 23 heavy (non-hydrogen) atoms. The van der Waals surface area contributed by atoms with Crippen molar-refractivity contribution in [3.63, 3.8) is 0 Å². The van der Waals surface area contributed by atoms with Gasteiger partial charge in [0.1, 0.15) is 0 Å². The number of carboxylic acids is 1. The molecule has 3 saturated carbocycles. The number of carboxylic acid groups (broad SMARTS) is 1. The maximum atomic E-state index is 9.00. The lowest BCUT2D eigenvalue weighted by Crippen LogP contribution is -2.54. The van der Waals surface area contributed by atoms with Gasteiger partial charge in [-0.05, 0) is 73.5 Å². The second kappa shape index (κ2) is 6.99. The average molecular weight is 321 g/mol. The van der Waals surface area contributed by atoms with Crippen LogP contribution in [0.3, 0.4) is 0 Å². The fourth-order valence-corrected chi connectivity index (χ4v) is 6.54. The molecule has 5 atom stereocenters. The predicted octanol–water partition coefficient (Wildman–Crippen LogP) is 6.07. The van der Waals surface area contributed by atoms with Gasteiger partial charge in [0, 0.05) is 6.92 Å². The van der Waals surface area contributed by atoms with Gasteiger partial charge in [0.05, 0.1) is 0 Å². The van der Waals surface area contributed by atoms with Crippen molar-refractivity contribution in [3.8, 4) is 0 Å². The molecule has 0 aromatic rings. The monoisotopic (exact) mass is 320 g/mol. The van der Waals surface area contributed by atoms with Gasteiger partial charge in [0.2, 0.25) is 0 Å². The summed E-state index contributed by atoms with van der Waals surface area (Å²) in [5.74, 6) is 2.13. The number of carbonyl (C=O) groups is 1. The lowest BCUT2D eigenvalue weighted by atomic mass is 9.42. The van der Waals surface area contributed by atoms with Crippen molar-refractivity contribution in [3.05, 3.63) is 12.2 Å². The second-order valence-electron chi connectivity index (χ2n) is 8.77. The number of aliphatic carboxylic acids is 1. The molecule has 1 N–H and O–H groups in total. The van der Waals surface area contributed by atoms with Crippen LogP contribution < -0.4 is 0 Å². The van der Waals surface area contributed by atoms with Gasteiger partial charge >= 0.3 is 0 Å². The lowest BCUT2D eigenvalue weighted by Gasteiger charge is -2.62. The van der Waals surface area contributed by atoms with E-state index in [1.165, 1.54) is 57.8 Å². The van der Waals surface area contributed by atoms with Crippen molar-refractivity contribution in [1.29, 1.82) is 0 Å². The maximum absolute atomic E-state index is 9.00. The minimum Gasteiger partial charge on any atom is -0.481 e. The molecule has 3 aliphatic carbocycles. The van der Waals surface area contributed by atoms with E-state index >= 15 is 0 Å². The molecule has 3 rings (SSSR count). The maximum Gasteiger partial charge on any atom is 0.300 e. The molecule has 3 aliphatic rings. The Balaban J connectivity index is 0.000000433. The highest BCUT2D eigenvalue weighted by molar-refractivity contribution is 5.62. The normalized spacial score (nSPS) is 42.8. The first-order chi connectivity index (χ1) is 10.7. The zero-order valence-electron chi connectivity index (χ0n) is 15.7. The number of hydrogen-bond donors (Lipinski definition) is 1. The highest BCUT2D eigenvalue weighted by atomic mass is 16.4. The molecule has 0 saturated heterocycles. The molecule has 132 valence electrons. The summed E-state index contributed by atoms with van der Waals surface area (Å²) in [5.41, 5.74) is 2.81. The Morgan fingerprint density at radius 3 is 2.57 bits per heavy atom. The Morgan fingerprint density at radius 2 is 1.96 bits per heavy atom. The van der Waals surface area contributed by atoms with E-state index in [0.29, 0.717) is 10.8 Å². The largest absolute Gasteiger partial charge is 0.481 e. The molecule has 0 heterocycles. The van der Waals surface area contributed by atoms with Gasteiger partial charge in [-0.1, -0.05) is 45.8 Å². The molecule has 2 unspecified atom stereocenters. The molecule has 0 radical (unpaired) electrons. The summed E-state index contributed by atoms with van der Waals surface area (Å²) in [4.78, 5) is 9.00. The van der Waals surface area contributed by atoms with Crippen molar-refractivity contribution >= 4 is 5.97 Å². The number of rotatable bonds is 1. The van der Waals surface area contributed by atoms with E-state index < -0.39 is 5.97 Å². The van der Waals surface area contributed by atoms with Gasteiger partial charge in [-0.15, -0.1) is 0 Å². The predicted molar refractivity (Wildman–Crippen MR) is 96.4 cm³/mol. The van der Waals surface area contributed by atoms with Crippen molar-refractivity contribution in [2.45, 2.75) is 85.5 Å². The van der Waals surface area contributed by atoms with Gasteiger partial charge in [-0.25, -0.2) is 0 Å². The lowest BCUT2D eigenvalue weighted by molar-refractivity contribution is -0.134. The molecular formula is C21H36O2. The van der Waals surface area contributed by atoms with E-state index in [0.717, 1.165) is 24.7 Å². The zero-order chi connectivity index (χ0) is 17.3. The van der Waals surface area contributed by atoms with Crippen molar-refractivity contribution in [2.24, 2.45) is 28.6 Å². The highest BCUT2D eigenvalue weighted by Gasteiger charge is 2.57. The van der Waals surface area contributed by atoms with Crippen LogP contribution >= 0.6 is 0 Å². The van der Waals surface area contributed by atoms with Crippen molar-refractivity contribution < 1.29 is 9.90 Å². The van der Waals surface area contributed by atoms with E-state index in [-0.39, 0.29) is 0 Å². The van der Waals surface area contributed by atoms with E-state index in [4.69, 9.17) is 9.90 Å². The molecule has 0 aliphatic heterocycles. The fraction of sp³-hybridized carbons (Fsp3) is 0.857. The van der Waals surface area contributed by atoms with Crippen LogP contribution in [0.25, 0.3) is 0 Å². The van der Waals surface area contributed by atoms with E-state index in [1.807, 2.05) is 0 Å². The third kappa shape index (κ3) is 3.51. The quantitative estimate of drug-likeness (QED) is 0.596. The minimum absolute atomic E-state index is 0.623. The van der Waals surface area contributed by atoms with Crippen LogP contribution in [0, 0.1) is 28.6 Å². The first kappa shape index (κ1) is 18.5. The average Bonchev–Trinajstić information content (AvgIpc) is 2.46. The Morgan fingerprint density at radius 1 is 1.30 bits per heavy atom. The van der Waals surface area contributed by atoms with E-state index in [1.54, 1.807) is 5.57 Å². The SMILES string of the molecule is C=C1CCC2[C@](CC)(CCC3[C@@H](C)CCC[C@]32C)C1.CC(=O)O. The van der Waals surface area contributed by atoms with Gasteiger partial charge in [-0.2, -0.15) is 0 Å². The molecule has 0 amide bonds. The van der Waals surface area contributed by atoms with E-state index in [2.05, 4.69) is 27.4 Å². The molecule has 0 spiro atoms. The molecular weight excluding hydrogens is 284 g/mol. The molecule has 0 aromatic heterocycles. The van der Waals surface area contributed by atoms with Crippen molar-refractivity contribution in [2.75, 3.05) is 0 Å². The zero-order valence-corrected chi connectivity index (χ0v) is 15.7. The summed E-state index contributed by atoms with van der Waals surface area (Å²) < 4.78 is 0. The molecule has 0 aromatic carbocycles. The molecule has 2 nitrogen and oxygen atoms in total. The Kier molecular flexibility index (Phi) is 5.63. The first-order valence-corrected chi connectivity index (χ1v) is 9.61. The third-order valence-corrected chi connectivity index (χ3v) is 7.49. The van der Waals surface area contributed by atoms with Gasteiger partial charge in [-0.3, -0.25) is 4.79 Å². The molecule has 0 bridgehead atoms.